The Kier molecular flexibility index (Phi) is 14.8. The molecule has 0 saturated carbocycles. The minimum atomic E-state index is -0.540. The van der Waals surface area contributed by atoms with Crippen LogP contribution in [0.5, 0.6) is 0 Å². The molecule has 8 rings (SSSR count). The number of Topliss-reactive ketones (excluding diaryl/α,β-unsaturated/α-hetero) is 2. The third-order valence-electron chi connectivity index (χ3n) is 11.0. The molecule has 0 aromatic carbocycles. The van der Waals surface area contributed by atoms with Gasteiger partial charge in [0.2, 0.25) is 0 Å². The molecular formula is C43H58N14O6. The highest BCUT2D eigenvalue weighted by molar-refractivity contribution is 6.01. The molecule has 63 heavy (non-hydrogen) atoms. The average molecular weight is 867 g/mol. The van der Waals surface area contributed by atoms with E-state index >= 15 is 0 Å². The fourth-order valence-electron chi connectivity index (χ4n) is 7.68. The van der Waals surface area contributed by atoms with Crippen LogP contribution in [0.3, 0.4) is 0 Å². The lowest BCUT2D eigenvalue weighted by molar-refractivity contribution is 0.0240. The van der Waals surface area contributed by atoms with Crippen LogP contribution in [0.4, 0.5) is 39.4 Å². The average Bonchev–Trinajstić information content (AvgIpc) is 3.30. The second-order valence-electron chi connectivity index (χ2n) is 16.5. The van der Waals surface area contributed by atoms with Gasteiger partial charge in [-0.1, -0.05) is 0 Å². The van der Waals surface area contributed by atoms with Gasteiger partial charge in [0.15, 0.2) is 34.6 Å². The van der Waals surface area contributed by atoms with E-state index < -0.39 is 5.60 Å². The molecule has 1 amide bonds. The first-order valence-electron chi connectivity index (χ1n) is 21.4. The summed E-state index contributed by atoms with van der Waals surface area (Å²) in [7, 11) is 0. The van der Waals surface area contributed by atoms with Gasteiger partial charge in [-0.15, -0.1) is 0 Å². The number of hydrogen-bond donors (Lipinski definition) is 3. The van der Waals surface area contributed by atoms with Gasteiger partial charge in [-0.25, -0.2) is 24.7 Å². The monoisotopic (exact) mass is 866 g/mol. The van der Waals surface area contributed by atoms with Crippen molar-refractivity contribution in [1.29, 1.82) is 0 Å². The number of nitrogens with zero attached hydrogens (tertiary/aromatic N) is 11. The molecule has 4 fully saturated rings. The topological polar surface area (TPSA) is 237 Å². The number of aromatic nitrogens is 6. The molecule has 8 heterocycles. The number of anilines is 6. The number of nitrogens with two attached hydrogens (primary N) is 2. The van der Waals surface area contributed by atoms with Crippen LogP contribution in [-0.4, -0.2) is 163 Å². The van der Waals surface area contributed by atoms with E-state index in [2.05, 4.69) is 49.9 Å². The number of carbonyl (C=O) groups is 3. The third kappa shape index (κ3) is 11.8. The molecule has 336 valence electrons. The highest BCUT2D eigenvalue weighted by Gasteiger charge is 2.28. The lowest BCUT2D eigenvalue weighted by Gasteiger charge is -2.36. The van der Waals surface area contributed by atoms with E-state index in [0.717, 1.165) is 74.9 Å². The van der Waals surface area contributed by atoms with Crippen LogP contribution in [0.25, 0.3) is 0 Å². The van der Waals surface area contributed by atoms with Gasteiger partial charge in [0.25, 0.3) is 0 Å². The summed E-state index contributed by atoms with van der Waals surface area (Å²) in [6, 6.07) is 3.86. The summed E-state index contributed by atoms with van der Waals surface area (Å²) in [5.41, 5.74) is 15.5. The number of piperazine rings is 2. The van der Waals surface area contributed by atoms with Crippen molar-refractivity contribution in [2.45, 2.75) is 39.2 Å². The molecule has 4 aromatic heterocycles. The van der Waals surface area contributed by atoms with Crippen LogP contribution < -0.4 is 36.4 Å². The third-order valence-corrected chi connectivity index (χ3v) is 11.0. The van der Waals surface area contributed by atoms with Crippen molar-refractivity contribution < 1.29 is 28.6 Å². The van der Waals surface area contributed by atoms with E-state index in [1.54, 1.807) is 42.1 Å². The Morgan fingerprint density at radius 3 is 1.52 bits per heavy atom. The fourth-order valence-corrected chi connectivity index (χ4v) is 7.68. The maximum atomic E-state index is 13.2. The Morgan fingerprint density at radius 1 is 0.635 bits per heavy atom. The van der Waals surface area contributed by atoms with Gasteiger partial charge in [-0.2, -0.15) is 0 Å². The van der Waals surface area contributed by atoms with E-state index in [9.17, 15) is 14.4 Å². The van der Waals surface area contributed by atoms with Crippen molar-refractivity contribution in [3.8, 4) is 0 Å². The normalized spacial score (nSPS) is 17.2. The first kappa shape index (κ1) is 44.8. The van der Waals surface area contributed by atoms with E-state index in [0.29, 0.717) is 64.2 Å². The summed E-state index contributed by atoms with van der Waals surface area (Å²) >= 11 is 0. The maximum Gasteiger partial charge on any atom is 0.410 e. The molecule has 0 unspecified atom stereocenters. The summed E-state index contributed by atoms with van der Waals surface area (Å²) in [6.45, 7) is 16.8. The zero-order chi connectivity index (χ0) is 44.3. The number of hydrogen-bond acceptors (Lipinski definition) is 19. The summed E-state index contributed by atoms with van der Waals surface area (Å²) < 4.78 is 16.3. The summed E-state index contributed by atoms with van der Waals surface area (Å²) in [4.78, 5) is 74.8. The van der Waals surface area contributed by atoms with E-state index in [1.807, 2.05) is 37.8 Å². The van der Waals surface area contributed by atoms with Crippen molar-refractivity contribution in [2.75, 3.05) is 136 Å². The number of rotatable bonds is 10. The van der Waals surface area contributed by atoms with Crippen molar-refractivity contribution in [3.63, 3.8) is 0 Å². The number of nitrogens with one attached hydrogen (secondary N) is 1. The summed E-state index contributed by atoms with van der Waals surface area (Å²) in [5, 5.41) is 3.30. The zero-order valence-corrected chi connectivity index (χ0v) is 36.4. The Balaban J connectivity index is 0.000000193. The minimum absolute atomic E-state index is 0.1000. The Hall–Kier alpha value is -6.25. The Labute approximate surface area is 367 Å². The van der Waals surface area contributed by atoms with Gasteiger partial charge in [0, 0.05) is 139 Å². The number of nitrogen functional groups attached to an aromatic ring is 2. The second-order valence-corrected chi connectivity index (χ2v) is 16.5. The van der Waals surface area contributed by atoms with Crippen molar-refractivity contribution >= 4 is 52.3 Å². The molecule has 4 saturated heterocycles. The van der Waals surface area contributed by atoms with Gasteiger partial charge in [-0.05, 0) is 32.9 Å². The number of pyridine rings is 2. The van der Waals surface area contributed by atoms with Crippen molar-refractivity contribution in [1.82, 2.24) is 40.1 Å². The smallest absolute Gasteiger partial charge is 0.410 e. The Morgan fingerprint density at radius 2 is 1.08 bits per heavy atom. The SMILES string of the molecule is CC(C)(C)OC(=O)N1CCN(c2cnc(N)c(C(=O)Cc3cnccc3N3CCOCC3)n2)CC1.Nc1ncc(N2CCNCC2)nc1C(=O)Cc1cnccc1N1CCOCC1. The second kappa shape index (κ2) is 20.7. The van der Waals surface area contributed by atoms with Gasteiger partial charge in [0.1, 0.15) is 17.2 Å². The Bertz CT molecular complexity index is 2200. The first-order valence-corrected chi connectivity index (χ1v) is 21.4. The lowest BCUT2D eigenvalue weighted by atomic mass is 10.1. The highest BCUT2D eigenvalue weighted by Crippen LogP contribution is 2.26. The van der Waals surface area contributed by atoms with Crippen molar-refractivity contribution in [2.24, 2.45) is 0 Å². The molecule has 0 atom stereocenters. The van der Waals surface area contributed by atoms with Crippen LogP contribution in [0.1, 0.15) is 52.9 Å². The maximum absolute atomic E-state index is 13.2. The number of amides is 1. The highest BCUT2D eigenvalue weighted by atomic mass is 16.6. The van der Waals surface area contributed by atoms with Crippen LogP contribution in [0.15, 0.2) is 49.3 Å². The quantitative estimate of drug-likeness (QED) is 0.193. The van der Waals surface area contributed by atoms with Crippen LogP contribution >= 0.6 is 0 Å². The number of ether oxygens (including phenoxy) is 3. The molecule has 4 aromatic rings. The van der Waals surface area contributed by atoms with E-state index in [-0.39, 0.29) is 53.5 Å². The fraction of sp³-hybridized carbons (Fsp3) is 0.512. The molecule has 4 aliphatic heterocycles. The predicted octanol–water partition coefficient (Wildman–Crippen LogP) is 1.90. The van der Waals surface area contributed by atoms with Gasteiger partial charge in [-0.3, -0.25) is 19.6 Å². The van der Waals surface area contributed by atoms with Crippen LogP contribution in [0.2, 0.25) is 0 Å². The lowest BCUT2D eigenvalue weighted by Crippen LogP contribution is -2.50. The molecular weight excluding hydrogens is 809 g/mol. The standard InChI is InChI=1S/C24H33N7O4.C19H25N7O2/c1-24(2,3)35-23(33)31-8-6-30(7-9-31)20-16-27-22(25)21(28-20)19(32)14-17-15-26-5-4-18(17)29-10-12-34-13-11-29;20-19-18(24-17(13-23-19)26-5-3-21-4-6-26)16(27)11-14-12-22-2-1-15(14)25-7-9-28-10-8-25/h4-5,15-16H,6-14H2,1-3H3,(H2,25,27);1-2,12-13,21H,3-11H2,(H2,20,23). The van der Waals surface area contributed by atoms with Crippen molar-refractivity contribution in [3.05, 3.63) is 71.8 Å². The molecule has 0 aliphatic carbocycles. The van der Waals surface area contributed by atoms with Crippen LogP contribution in [0, 0.1) is 0 Å². The molecule has 20 nitrogen and oxygen atoms in total. The minimum Gasteiger partial charge on any atom is -0.444 e. The van der Waals surface area contributed by atoms with Gasteiger partial charge < -0.3 is 55.5 Å². The summed E-state index contributed by atoms with van der Waals surface area (Å²) in [5.74, 6) is 1.16. The first-order chi connectivity index (χ1) is 30.4. The molecule has 0 bridgehead atoms. The number of ketones is 2. The van der Waals surface area contributed by atoms with Gasteiger partial charge in [0.05, 0.1) is 38.8 Å². The molecule has 0 spiro atoms. The van der Waals surface area contributed by atoms with E-state index in [4.69, 9.17) is 25.7 Å². The molecule has 5 N–H and O–H groups in total. The molecule has 20 heteroatoms. The number of carbonyl (C=O) groups excluding carboxylic acids is 3. The molecule has 0 radical (unpaired) electrons. The van der Waals surface area contributed by atoms with Gasteiger partial charge >= 0.3 is 6.09 Å². The zero-order valence-electron chi connectivity index (χ0n) is 36.4. The largest absolute Gasteiger partial charge is 0.444 e. The molecule has 4 aliphatic rings. The number of morpholine rings is 2. The predicted molar refractivity (Wildman–Crippen MR) is 239 cm³/mol. The van der Waals surface area contributed by atoms with Crippen LogP contribution in [-0.2, 0) is 27.1 Å². The summed E-state index contributed by atoms with van der Waals surface area (Å²) in [6.07, 6.45) is 10.1. The van der Waals surface area contributed by atoms with E-state index in [1.165, 1.54) is 0 Å².